The first-order chi connectivity index (χ1) is 5.52. The summed E-state index contributed by atoms with van der Waals surface area (Å²) in [5, 5.41) is 0. The molecule has 0 aliphatic heterocycles. The number of hydrogen-bond donors (Lipinski definition) is 1. The highest BCUT2D eigenvalue weighted by molar-refractivity contribution is 5.14. The summed E-state index contributed by atoms with van der Waals surface area (Å²) in [7, 11) is 0. The van der Waals surface area contributed by atoms with Crippen molar-refractivity contribution in [1.29, 1.82) is 0 Å². The van der Waals surface area contributed by atoms with Gasteiger partial charge in [-0.15, -0.1) is 0 Å². The molecule has 3 atom stereocenters. The van der Waals surface area contributed by atoms with Gasteiger partial charge in [-0.2, -0.15) is 0 Å². The molecule has 2 saturated carbocycles. The number of hydrogen-bond acceptors (Lipinski definition) is 1. The van der Waals surface area contributed by atoms with Gasteiger partial charge in [-0.1, -0.05) is 20.8 Å². The van der Waals surface area contributed by atoms with Crippen LogP contribution >= 0.6 is 0 Å². The van der Waals surface area contributed by atoms with E-state index in [9.17, 15) is 0 Å². The minimum Gasteiger partial charge on any atom is -0.324 e. The van der Waals surface area contributed by atoms with Gasteiger partial charge in [0.15, 0.2) is 0 Å². The standard InChI is InChI=1S/C11H21N/c1-4-11(12)9-6-5-8(7-9)10(11,2)3/h8-9H,4-7,12H2,1-3H3. The van der Waals surface area contributed by atoms with Gasteiger partial charge in [0, 0.05) is 5.54 Å². The maximum atomic E-state index is 6.52. The van der Waals surface area contributed by atoms with Crippen LogP contribution in [0.5, 0.6) is 0 Å². The maximum Gasteiger partial charge on any atom is 0.0234 e. The summed E-state index contributed by atoms with van der Waals surface area (Å²) < 4.78 is 0. The van der Waals surface area contributed by atoms with Crippen molar-refractivity contribution < 1.29 is 0 Å². The van der Waals surface area contributed by atoms with Crippen LogP contribution in [0.4, 0.5) is 0 Å². The molecule has 0 heterocycles. The number of nitrogens with two attached hydrogens (primary N) is 1. The van der Waals surface area contributed by atoms with Crippen molar-refractivity contribution in [3.8, 4) is 0 Å². The minimum absolute atomic E-state index is 0.149. The smallest absolute Gasteiger partial charge is 0.0234 e. The fraction of sp³-hybridized carbons (Fsp3) is 1.00. The van der Waals surface area contributed by atoms with Crippen LogP contribution in [-0.4, -0.2) is 5.54 Å². The summed E-state index contributed by atoms with van der Waals surface area (Å²) in [6, 6.07) is 0. The average Bonchev–Trinajstić information content (AvgIpc) is 2.55. The van der Waals surface area contributed by atoms with Crippen LogP contribution in [-0.2, 0) is 0 Å². The second-order valence-corrected chi connectivity index (χ2v) is 5.32. The van der Waals surface area contributed by atoms with Gasteiger partial charge in [0.1, 0.15) is 0 Å². The van der Waals surface area contributed by atoms with Gasteiger partial charge < -0.3 is 5.73 Å². The summed E-state index contributed by atoms with van der Waals surface area (Å²) in [6.07, 6.45) is 5.37. The lowest BCUT2D eigenvalue weighted by Crippen LogP contribution is -2.56. The Morgan fingerprint density at radius 1 is 1.25 bits per heavy atom. The fourth-order valence-electron chi connectivity index (χ4n) is 3.76. The van der Waals surface area contributed by atoms with Gasteiger partial charge in [-0.3, -0.25) is 0 Å². The Morgan fingerprint density at radius 2 is 1.83 bits per heavy atom. The molecule has 2 N–H and O–H groups in total. The summed E-state index contributed by atoms with van der Waals surface area (Å²) in [4.78, 5) is 0. The van der Waals surface area contributed by atoms with Crippen LogP contribution in [0.1, 0.15) is 46.5 Å². The molecule has 12 heavy (non-hydrogen) atoms. The Labute approximate surface area is 75.7 Å². The van der Waals surface area contributed by atoms with E-state index in [1.165, 1.54) is 19.3 Å². The molecule has 2 bridgehead atoms. The summed E-state index contributed by atoms with van der Waals surface area (Å²) in [5.74, 6) is 1.73. The molecule has 70 valence electrons. The Balaban J connectivity index is 2.34. The predicted molar refractivity (Wildman–Crippen MR) is 51.8 cm³/mol. The van der Waals surface area contributed by atoms with Gasteiger partial charge >= 0.3 is 0 Å². The lowest BCUT2D eigenvalue weighted by molar-refractivity contribution is 0.0822. The van der Waals surface area contributed by atoms with Crippen LogP contribution in [0, 0.1) is 17.3 Å². The Morgan fingerprint density at radius 3 is 2.17 bits per heavy atom. The molecule has 0 aromatic heterocycles. The first-order valence-electron chi connectivity index (χ1n) is 5.31. The van der Waals surface area contributed by atoms with Crippen molar-refractivity contribution in [2.24, 2.45) is 23.0 Å². The van der Waals surface area contributed by atoms with Crippen LogP contribution in [0.3, 0.4) is 0 Å². The number of fused-ring (bicyclic) bond motifs is 2. The van der Waals surface area contributed by atoms with Crippen LogP contribution in [0.25, 0.3) is 0 Å². The maximum absolute atomic E-state index is 6.52. The predicted octanol–water partition coefficient (Wildman–Crippen LogP) is 2.55. The molecule has 2 fully saturated rings. The van der Waals surface area contributed by atoms with Crippen LogP contribution in [0.2, 0.25) is 0 Å². The highest BCUT2D eigenvalue weighted by atomic mass is 14.9. The number of rotatable bonds is 1. The first-order valence-corrected chi connectivity index (χ1v) is 5.31. The monoisotopic (exact) mass is 167 g/mol. The minimum atomic E-state index is 0.149. The van der Waals surface area contributed by atoms with Crippen molar-refractivity contribution in [2.75, 3.05) is 0 Å². The third-order valence-electron chi connectivity index (χ3n) is 4.97. The molecule has 3 unspecified atom stereocenters. The second-order valence-electron chi connectivity index (χ2n) is 5.32. The van der Waals surface area contributed by atoms with Gasteiger partial charge in [-0.05, 0) is 42.9 Å². The lowest BCUT2D eigenvalue weighted by atomic mass is 9.62. The van der Waals surface area contributed by atoms with E-state index in [4.69, 9.17) is 5.73 Å². The van der Waals surface area contributed by atoms with E-state index in [-0.39, 0.29) is 5.54 Å². The molecule has 0 spiro atoms. The average molecular weight is 167 g/mol. The summed E-state index contributed by atoms with van der Waals surface area (Å²) in [5.41, 5.74) is 7.06. The third-order valence-corrected chi connectivity index (χ3v) is 4.97. The molecule has 0 aromatic rings. The van der Waals surface area contributed by atoms with Crippen molar-refractivity contribution in [1.82, 2.24) is 0 Å². The molecule has 0 radical (unpaired) electrons. The van der Waals surface area contributed by atoms with Gasteiger partial charge in [-0.25, -0.2) is 0 Å². The summed E-state index contributed by atoms with van der Waals surface area (Å²) >= 11 is 0. The van der Waals surface area contributed by atoms with E-state index >= 15 is 0 Å². The zero-order chi connectivity index (χ0) is 8.98. The third kappa shape index (κ3) is 0.736. The zero-order valence-corrected chi connectivity index (χ0v) is 8.56. The Kier molecular flexibility index (Phi) is 1.61. The quantitative estimate of drug-likeness (QED) is 0.638. The molecule has 2 aliphatic rings. The molecule has 0 saturated heterocycles. The highest BCUT2D eigenvalue weighted by Crippen LogP contribution is 2.61. The van der Waals surface area contributed by atoms with Gasteiger partial charge in [0.05, 0.1) is 0 Å². The van der Waals surface area contributed by atoms with Crippen molar-refractivity contribution >= 4 is 0 Å². The second kappa shape index (κ2) is 2.25. The molecule has 1 nitrogen and oxygen atoms in total. The molecule has 2 rings (SSSR count). The van der Waals surface area contributed by atoms with E-state index in [2.05, 4.69) is 20.8 Å². The normalized spacial score (nSPS) is 50.0. The largest absolute Gasteiger partial charge is 0.324 e. The summed E-state index contributed by atoms with van der Waals surface area (Å²) in [6.45, 7) is 7.00. The first kappa shape index (κ1) is 8.55. The molecule has 0 aromatic carbocycles. The molecular weight excluding hydrogens is 146 g/mol. The molecule has 0 amide bonds. The molecule has 1 heteroatoms. The Bertz CT molecular complexity index is 197. The molecule has 2 aliphatic carbocycles. The van der Waals surface area contributed by atoms with Crippen molar-refractivity contribution in [3.05, 3.63) is 0 Å². The van der Waals surface area contributed by atoms with Gasteiger partial charge in [0.2, 0.25) is 0 Å². The lowest BCUT2D eigenvalue weighted by Gasteiger charge is -2.47. The van der Waals surface area contributed by atoms with E-state index in [1.807, 2.05) is 0 Å². The SMILES string of the molecule is CCC1(N)C2CCC(C2)C1(C)C. The highest BCUT2D eigenvalue weighted by Gasteiger charge is 2.59. The van der Waals surface area contributed by atoms with E-state index < -0.39 is 0 Å². The fourth-order valence-corrected chi connectivity index (χ4v) is 3.76. The van der Waals surface area contributed by atoms with E-state index in [0.717, 1.165) is 18.3 Å². The van der Waals surface area contributed by atoms with Crippen molar-refractivity contribution in [2.45, 2.75) is 52.0 Å². The van der Waals surface area contributed by atoms with E-state index in [0.29, 0.717) is 5.41 Å². The van der Waals surface area contributed by atoms with Crippen LogP contribution < -0.4 is 5.73 Å². The van der Waals surface area contributed by atoms with Crippen molar-refractivity contribution in [3.63, 3.8) is 0 Å². The zero-order valence-electron chi connectivity index (χ0n) is 8.56. The van der Waals surface area contributed by atoms with Gasteiger partial charge in [0.25, 0.3) is 0 Å². The molecular formula is C11H21N. The van der Waals surface area contributed by atoms with Crippen LogP contribution in [0.15, 0.2) is 0 Å². The Hall–Kier alpha value is -0.0400. The topological polar surface area (TPSA) is 26.0 Å². The van der Waals surface area contributed by atoms with E-state index in [1.54, 1.807) is 0 Å².